The van der Waals surface area contributed by atoms with Crippen molar-refractivity contribution in [2.45, 2.75) is 58.2 Å². The summed E-state index contributed by atoms with van der Waals surface area (Å²) in [7, 11) is 0. The third-order valence-electron chi connectivity index (χ3n) is 3.24. The summed E-state index contributed by atoms with van der Waals surface area (Å²) < 4.78 is 11.7. The van der Waals surface area contributed by atoms with E-state index < -0.39 is 11.8 Å². The predicted molar refractivity (Wildman–Crippen MR) is 64.8 cm³/mol. The highest BCUT2D eigenvalue weighted by molar-refractivity contribution is 5.70. The Bertz CT molecular complexity index is 222. The summed E-state index contributed by atoms with van der Waals surface area (Å²) in [4.78, 5) is 10.9. The third-order valence-corrected chi connectivity index (χ3v) is 3.24. The Morgan fingerprint density at radius 3 is 2.00 bits per heavy atom. The summed E-state index contributed by atoms with van der Waals surface area (Å²) in [5.74, 6) is -1.43. The molecule has 1 aliphatic carbocycles. The predicted octanol–water partition coefficient (Wildman–Crippen LogP) is 2.81. The molecule has 1 aliphatic rings. The van der Waals surface area contributed by atoms with Gasteiger partial charge in [-0.2, -0.15) is 0 Å². The van der Waals surface area contributed by atoms with Crippen molar-refractivity contribution in [2.24, 2.45) is 5.92 Å². The minimum atomic E-state index is -0.690. The van der Waals surface area contributed by atoms with Crippen LogP contribution in [-0.4, -0.2) is 30.1 Å². The number of ether oxygens (including phenoxy) is 2. The quantitative estimate of drug-likeness (QED) is 0.700. The average Bonchev–Trinajstić information content (AvgIpc) is 2.34. The molecular formula is C13H24O4. The number of aliphatic carboxylic acids is 1. The van der Waals surface area contributed by atoms with Gasteiger partial charge in [0.15, 0.2) is 5.79 Å². The zero-order valence-corrected chi connectivity index (χ0v) is 10.9. The van der Waals surface area contributed by atoms with Crippen molar-refractivity contribution in [1.29, 1.82) is 0 Å². The molecule has 0 aromatic carbocycles. The van der Waals surface area contributed by atoms with E-state index in [1.807, 2.05) is 0 Å². The summed E-state index contributed by atoms with van der Waals surface area (Å²) in [6.45, 7) is 5.50. The Kier molecular flexibility index (Phi) is 5.92. The van der Waals surface area contributed by atoms with Crippen LogP contribution in [0.25, 0.3) is 0 Å². The highest BCUT2D eigenvalue weighted by Gasteiger charge is 2.38. The maximum absolute atomic E-state index is 10.9. The number of hydrogen-bond donors (Lipinski definition) is 1. The summed E-state index contributed by atoms with van der Waals surface area (Å²) in [5, 5.41) is 8.98. The van der Waals surface area contributed by atoms with Crippen LogP contribution in [-0.2, 0) is 14.3 Å². The molecule has 0 amide bonds. The van der Waals surface area contributed by atoms with E-state index in [4.69, 9.17) is 14.6 Å². The fraction of sp³-hybridized carbons (Fsp3) is 0.923. The van der Waals surface area contributed by atoms with Crippen molar-refractivity contribution in [3.8, 4) is 0 Å². The van der Waals surface area contributed by atoms with Gasteiger partial charge in [-0.15, -0.1) is 0 Å². The van der Waals surface area contributed by atoms with Gasteiger partial charge in [-0.05, 0) is 25.7 Å². The van der Waals surface area contributed by atoms with Crippen molar-refractivity contribution < 1.29 is 19.4 Å². The maximum atomic E-state index is 10.9. The van der Waals surface area contributed by atoms with Gasteiger partial charge in [0.05, 0.1) is 5.92 Å². The molecule has 0 aromatic rings. The van der Waals surface area contributed by atoms with Crippen LogP contribution < -0.4 is 0 Å². The summed E-state index contributed by atoms with van der Waals surface area (Å²) in [5.41, 5.74) is 0. The van der Waals surface area contributed by atoms with Gasteiger partial charge in [-0.3, -0.25) is 4.79 Å². The van der Waals surface area contributed by atoms with Gasteiger partial charge in [0.1, 0.15) is 0 Å². The molecule has 100 valence electrons. The largest absolute Gasteiger partial charge is 0.481 e. The fourth-order valence-electron chi connectivity index (χ4n) is 2.21. The van der Waals surface area contributed by atoms with Crippen LogP contribution >= 0.6 is 0 Å². The summed E-state index contributed by atoms with van der Waals surface area (Å²) in [6, 6.07) is 0. The highest BCUT2D eigenvalue weighted by atomic mass is 16.7. The van der Waals surface area contributed by atoms with Crippen LogP contribution in [0, 0.1) is 5.92 Å². The smallest absolute Gasteiger partial charge is 0.306 e. The second-order valence-electron chi connectivity index (χ2n) is 4.72. The molecule has 0 aromatic heterocycles. The minimum Gasteiger partial charge on any atom is -0.481 e. The summed E-state index contributed by atoms with van der Waals surface area (Å²) >= 11 is 0. The van der Waals surface area contributed by atoms with Crippen LogP contribution in [0.15, 0.2) is 0 Å². The molecular weight excluding hydrogens is 220 g/mol. The van der Waals surface area contributed by atoms with E-state index in [0.29, 0.717) is 38.9 Å². The molecule has 0 unspecified atom stereocenters. The number of rotatable bonds is 7. The maximum Gasteiger partial charge on any atom is 0.306 e. The lowest BCUT2D eigenvalue weighted by Crippen LogP contribution is -2.41. The van der Waals surface area contributed by atoms with E-state index in [0.717, 1.165) is 12.8 Å². The van der Waals surface area contributed by atoms with Crippen LogP contribution in [0.3, 0.4) is 0 Å². The van der Waals surface area contributed by atoms with Gasteiger partial charge < -0.3 is 14.6 Å². The second-order valence-corrected chi connectivity index (χ2v) is 4.72. The molecule has 0 atom stereocenters. The molecule has 1 fully saturated rings. The van der Waals surface area contributed by atoms with Crippen LogP contribution in [0.2, 0.25) is 0 Å². The van der Waals surface area contributed by atoms with Gasteiger partial charge in [0.2, 0.25) is 0 Å². The Hall–Kier alpha value is -0.610. The topological polar surface area (TPSA) is 55.8 Å². The molecule has 1 rings (SSSR count). The van der Waals surface area contributed by atoms with Gasteiger partial charge in [0, 0.05) is 26.1 Å². The average molecular weight is 244 g/mol. The van der Waals surface area contributed by atoms with Crippen molar-refractivity contribution in [3.63, 3.8) is 0 Å². The first-order valence-corrected chi connectivity index (χ1v) is 6.64. The monoisotopic (exact) mass is 244 g/mol. The number of carbonyl (C=O) groups is 1. The third kappa shape index (κ3) is 4.28. The minimum absolute atomic E-state index is 0.224. The van der Waals surface area contributed by atoms with Crippen molar-refractivity contribution in [2.75, 3.05) is 13.2 Å². The standard InChI is InChI=1S/C13H24O4/c1-3-9-16-13(17-10-4-2)7-5-11(6-8-13)12(14)15/h11H,3-10H2,1-2H3,(H,14,15). The molecule has 0 spiro atoms. The first-order chi connectivity index (χ1) is 8.13. The normalized spacial score (nSPS) is 20.4. The lowest BCUT2D eigenvalue weighted by atomic mass is 9.85. The fourth-order valence-corrected chi connectivity index (χ4v) is 2.21. The van der Waals surface area contributed by atoms with Gasteiger partial charge in [-0.1, -0.05) is 13.8 Å². The van der Waals surface area contributed by atoms with Crippen molar-refractivity contribution >= 4 is 5.97 Å². The molecule has 1 saturated carbocycles. The van der Waals surface area contributed by atoms with E-state index >= 15 is 0 Å². The Morgan fingerprint density at radius 1 is 1.18 bits per heavy atom. The van der Waals surface area contributed by atoms with E-state index in [-0.39, 0.29) is 5.92 Å². The lowest BCUT2D eigenvalue weighted by Gasteiger charge is -2.38. The Balaban J connectivity index is 2.51. The molecule has 1 N–H and O–H groups in total. The van der Waals surface area contributed by atoms with Crippen LogP contribution in [0.4, 0.5) is 0 Å². The molecule has 0 bridgehead atoms. The molecule has 0 heterocycles. The molecule has 4 heteroatoms. The zero-order valence-electron chi connectivity index (χ0n) is 10.9. The molecule has 0 radical (unpaired) electrons. The van der Waals surface area contributed by atoms with Gasteiger partial charge in [0.25, 0.3) is 0 Å². The van der Waals surface area contributed by atoms with Crippen molar-refractivity contribution in [3.05, 3.63) is 0 Å². The first kappa shape index (κ1) is 14.5. The number of hydrogen-bond acceptors (Lipinski definition) is 3. The number of carboxylic acid groups (broad SMARTS) is 1. The summed E-state index contributed by atoms with van der Waals surface area (Å²) in [6.07, 6.45) is 4.62. The van der Waals surface area contributed by atoms with Crippen LogP contribution in [0.5, 0.6) is 0 Å². The molecule has 0 aliphatic heterocycles. The number of carboxylic acids is 1. The zero-order chi connectivity index (χ0) is 12.7. The van der Waals surface area contributed by atoms with E-state index in [9.17, 15) is 4.79 Å². The molecule has 17 heavy (non-hydrogen) atoms. The highest BCUT2D eigenvalue weighted by Crippen LogP contribution is 2.36. The Labute approximate surface area is 103 Å². The van der Waals surface area contributed by atoms with Crippen LogP contribution in [0.1, 0.15) is 52.4 Å². The molecule has 0 saturated heterocycles. The Morgan fingerprint density at radius 2 is 1.65 bits per heavy atom. The molecule has 4 nitrogen and oxygen atoms in total. The lowest BCUT2D eigenvalue weighted by molar-refractivity contribution is -0.256. The first-order valence-electron chi connectivity index (χ1n) is 6.64. The van der Waals surface area contributed by atoms with E-state index in [2.05, 4.69) is 13.8 Å². The van der Waals surface area contributed by atoms with Gasteiger partial charge >= 0.3 is 5.97 Å². The second kappa shape index (κ2) is 6.97. The van der Waals surface area contributed by atoms with E-state index in [1.165, 1.54) is 0 Å². The van der Waals surface area contributed by atoms with Gasteiger partial charge in [-0.25, -0.2) is 0 Å². The van der Waals surface area contributed by atoms with Crippen molar-refractivity contribution in [1.82, 2.24) is 0 Å². The van der Waals surface area contributed by atoms with E-state index in [1.54, 1.807) is 0 Å². The SMILES string of the molecule is CCCOC1(OCCC)CCC(C(=O)O)CC1.